The highest BCUT2D eigenvalue weighted by Crippen LogP contribution is 2.27. The van der Waals surface area contributed by atoms with Gasteiger partial charge in [-0.3, -0.25) is 9.69 Å². The predicted octanol–water partition coefficient (Wildman–Crippen LogP) is 4.20. The second-order valence-electron chi connectivity index (χ2n) is 6.62. The van der Waals surface area contributed by atoms with Crippen LogP contribution in [0, 0.1) is 0 Å². The highest BCUT2D eigenvalue weighted by molar-refractivity contribution is 6.01. The molecule has 2 aromatic carbocycles. The molecule has 2 aromatic heterocycles. The fourth-order valence-electron chi connectivity index (χ4n) is 3.18. The summed E-state index contributed by atoms with van der Waals surface area (Å²) in [6.07, 6.45) is -4.77. The third kappa shape index (κ3) is 4.09. The molecule has 0 radical (unpaired) electrons. The molecule has 150 valence electrons. The molecule has 0 aliphatic rings. The van der Waals surface area contributed by atoms with Crippen LogP contribution in [0.25, 0.3) is 22.1 Å². The first-order valence-corrected chi connectivity index (χ1v) is 8.73. The third-order valence-corrected chi connectivity index (χ3v) is 4.34. The molecule has 1 N–H and O–H groups in total. The van der Waals surface area contributed by atoms with Gasteiger partial charge < -0.3 is 14.1 Å². The Bertz CT molecular complexity index is 1230. The molecule has 6 nitrogen and oxygen atoms in total. The van der Waals surface area contributed by atoms with Gasteiger partial charge in [0.05, 0.1) is 6.54 Å². The predicted molar refractivity (Wildman–Crippen MR) is 100 cm³/mol. The first-order valence-electron chi connectivity index (χ1n) is 8.73. The Labute approximate surface area is 162 Å². The standard InChI is InChI=1S/C20H16F3N3O3/c1-26(10-12-6-2-4-8-14(12)29-20(21,22)23)11-16-24-17-13-7-3-5-9-15(13)28-18(17)19(27)25-16/h2-9H,10-11H2,1H3,(H,24,25,27). The Morgan fingerprint density at radius 2 is 1.83 bits per heavy atom. The second kappa shape index (κ2) is 7.25. The number of nitrogens with one attached hydrogen (secondary N) is 1. The number of hydrogen-bond donors (Lipinski definition) is 1. The van der Waals surface area contributed by atoms with E-state index in [1.165, 1.54) is 12.1 Å². The molecule has 0 atom stereocenters. The van der Waals surface area contributed by atoms with Gasteiger partial charge in [-0.1, -0.05) is 30.3 Å². The topological polar surface area (TPSA) is 71.4 Å². The minimum atomic E-state index is -4.77. The van der Waals surface area contributed by atoms with Crippen LogP contribution in [0.5, 0.6) is 5.75 Å². The van der Waals surface area contributed by atoms with Gasteiger partial charge in [-0.15, -0.1) is 13.2 Å². The van der Waals surface area contributed by atoms with Crippen LogP contribution in [-0.4, -0.2) is 28.3 Å². The van der Waals surface area contributed by atoms with E-state index < -0.39 is 11.9 Å². The van der Waals surface area contributed by atoms with Crippen LogP contribution in [-0.2, 0) is 13.1 Å². The molecule has 0 aliphatic heterocycles. The highest BCUT2D eigenvalue weighted by atomic mass is 19.4. The van der Waals surface area contributed by atoms with Crippen molar-refractivity contribution >= 4 is 22.1 Å². The molecule has 0 bridgehead atoms. The molecule has 0 saturated heterocycles. The molecule has 2 heterocycles. The lowest BCUT2D eigenvalue weighted by molar-refractivity contribution is -0.275. The van der Waals surface area contributed by atoms with Gasteiger partial charge in [0.15, 0.2) is 0 Å². The third-order valence-electron chi connectivity index (χ3n) is 4.34. The zero-order valence-electron chi connectivity index (χ0n) is 15.3. The summed E-state index contributed by atoms with van der Waals surface area (Å²) in [6.45, 7) is 0.380. The smallest absolute Gasteiger partial charge is 0.449 e. The van der Waals surface area contributed by atoms with Crippen molar-refractivity contribution in [2.45, 2.75) is 19.5 Å². The average Bonchev–Trinajstić information content (AvgIpc) is 3.02. The van der Waals surface area contributed by atoms with Crippen molar-refractivity contribution in [2.75, 3.05) is 7.05 Å². The lowest BCUT2D eigenvalue weighted by atomic mass is 10.2. The van der Waals surface area contributed by atoms with E-state index in [0.29, 0.717) is 22.5 Å². The number of hydrogen-bond acceptors (Lipinski definition) is 5. The SMILES string of the molecule is CN(Cc1nc2c(oc3ccccc32)c(=O)[nH]1)Cc1ccccc1OC(F)(F)F. The number of furan rings is 1. The molecule has 0 saturated carbocycles. The van der Waals surface area contributed by atoms with Crippen LogP contribution >= 0.6 is 0 Å². The Morgan fingerprint density at radius 3 is 2.62 bits per heavy atom. The molecule has 0 aliphatic carbocycles. The summed E-state index contributed by atoms with van der Waals surface area (Å²) < 4.78 is 47.4. The Morgan fingerprint density at radius 1 is 1.10 bits per heavy atom. The maximum atomic E-state index is 12.6. The summed E-state index contributed by atoms with van der Waals surface area (Å²) in [6, 6.07) is 13.1. The van der Waals surface area contributed by atoms with Crippen LogP contribution in [0.15, 0.2) is 57.7 Å². The molecule has 29 heavy (non-hydrogen) atoms. The van der Waals surface area contributed by atoms with Gasteiger partial charge >= 0.3 is 6.36 Å². The van der Waals surface area contributed by atoms with E-state index >= 15 is 0 Å². The highest BCUT2D eigenvalue weighted by Gasteiger charge is 2.32. The van der Waals surface area contributed by atoms with Crippen LogP contribution in [0.2, 0.25) is 0 Å². The van der Waals surface area contributed by atoms with Crippen LogP contribution < -0.4 is 10.3 Å². The van der Waals surface area contributed by atoms with E-state index in [4.69, 9.17) is 4.42 Å². The number of aromatic nitrogens is 2. The molecule has 4 rings (SSSR count). The summed E-state index contributed by atoms with van der Waals surface area (Å²) in [5, 5.41) is 0.724. The monoisotopic (exact) mass is 403 g/mol. The first kappa shape index (κ1) is 19.0. The normalized spacial score (nSPS) is 12.2. The van der Waals surface area contributed by atoms with E-state index in [9.17, 15) is 18.0 Å². The van der Waals surface area contributed by atoms with Crippen molar-refractivity contribution in [3.05, 3.63) is 70.3 Å². The lowest BCUT2D eigenvalue weighted by Crippen LogP contribution is -2.23. The molecule has 0 spiro atoms. The van der Waals surface area contributed by atoms with Crippen molar-refractivity contribution in [1.82, 2.24) is 14.9 Å². The van der Waals surface area contributed by atoms with Gasteiger partial charge in [-0.05, 0) is 25.2 Å². The van der Waals surface area contributed by atoms with Gasteiger partial charge in [0.2, 0.25) is 5.58 Å². The summed E-state index contributed by atoms with van der Waals surface area (Å²) in [7, 11) is 1.71. The average molecular weight is 403 g/mol. The summed E-state index contributed by atoms with van der Waals surface area (Å²) in [5.74, 6) is 0.121. The van der Waals surface area contributed by atoms with Crippen molar-refractivity contribution < 1.29 is 22.3 Å². The number of H-pyrrole nitrogens is 1. The van der Waals surface area contributed by atoms with Crippen LogP contribution in [0.4, 0.5) is 13.2 Å². The summed E-state index contributed by atoms with van der Waals surface area (Å²) in [5.41, 5.74) is 1.11. The summed E-state index contributed by atoms with van der Waals surface area (Å²) >= 11 is 0. The van der Waals surface area contributed by atoms with Crippen molar-refractivity contribution in [3.63, 3.8) is 0 Å². The number of ether oxygens (including phenoxy) is 1. The van der Waals surface area contributed by atoms with Gasteiger partial charge in [0, 0.05) is 17.5 Å². The van der Waals surface area contributed by atoms with E-state index in [1.54, 1.807) is 36.2 Å². The fourth-order valence-corrected chi connectivity index (χ4v) is 3.18. The van der Waals surface area contributed by atoms with Crippen molar-refractivity contribution in [3.8, 4) is 5.75 Å². The first-order chi connectivity index (χ1) is 13.8. The molecule has 0 unspecified atom stereocenters. The lowest BCUT2D eigenvalue weighted by Gasteiger charge is -2.19. The van der Waals surface area contributed by atoms with Crippen LogP contribution in [0.1, 0.15) is 11.4 Å². The Balaban J connectivity index is 1.59. The molecule has 0 amide bonds. The number of benzene rings is 2. The minimum Gasteiger partial charge on any atom is -0.449 e. The van der Waals surface area contributed by atoms with E-state index in [1.807, 2.05) is 12.1 Å². The maximum absolute atomic E-state index is 12.6. The molecule has 0 fully saturated rings. The zero-order valence-corrected chi connectivity index (χ0v) is 15.3. The van der Waals surface area contributed by atoms with Gasteiger partial charge in [0.1, 0.15) is 22.7 Å². The quantitative estimate of drug-likeness (QED) is 0.541. The molecular weight excluding hydrogens is 387 g/mol. The zero-order chi connectivity index (χ0) is 20.6. The van der Waals surface area contributed by atoms with Crippen molar-refractivity contribution in [2.24, 2.45) is 0 Å². The summed E-state index contributed by atoms with van der Waals surface area (Å²) in [4.78, 5) is 21.2. The number of halogens is 3. The minimum absolute atomic E-state index is 0.140. The van der Waals surface area contributed by atoms with Gasteiger partial charge in [0.25, 0.3) is 5.56 Å². The molecular formula is C20H16F3N3O3. The van der Waals surface area contributed by atoms with E-state index in [0.717, 1.165) is 5.39 Å². The fraction of sp³-hybridized carbons (Fsp3) is 0.200. The number of fused-ring (bicyclic) bond motifs is 3. The van der Waals surface area contributed by atoms with Crippen molar-refractivity contribution in [1.29, 1.82) is 0 Å². The number of para-hydroxylation sites is 2. The number of aromatic amines is 1. The number of nitrogens with zero attached hydrogens (tertiary/aromatic N) is 2. The number of alkyl halides is 3. The van der Waals surface area contributed by atoms with E-state index in [2.05, 4.69) is 14.7 Å². The van der Waals surface area contributed by atoms with Gasteiger partial charge in [-0.2, -0.15) is 0 Å². The molecule has 4 aromatic rings. The maximum Gasteiger partial charge on any atom is 0.573 e. The number of rotatable bonds is 5. The molecule has 9 heteroatoms. The largest absolute Gasteiger partial charge is 0.573 e. The Hall–Kier alpha value is -3.33. The second-order valence-corrected chi connectivity index (χ2v) is 6.62. The van der Waals surface area contributed by atoms with Gasteiger partial charge in [-0.25, -0.2) is 4.98 Å². The Kier molecular flexibility index (Phi) is 4.75. The van der Waals surface area contributed by atoms with E-state index in [-0.39, 0.29) is 24.4 Å². The van der Waals surface area contributed by atoms with Crippen LogP contribution in [0.3, 0.4) is 0 Å².